The number of nitro benzene ring substituents is 1. The fourth-order valence-electron chi connectivity index (χ4n) is 2.41. The van der Waals surface area contributed by atoms with Gasteiger partial charge in [0.2, 0.25) is 0 Å². The molecule has 108 valence electrons. The number of amides is 1. The Morgan fingerprint density at radius 1 is 1.50 bits per heavy atom. The number of hydrogen-bond donors (Lipinski definition) is 1. The molecule has 1 heterocycles. The summed E-state index contributed by atoms with van der Waals surface area (Å²) in [5, 5.41) is 20.6. The molecule has 2 unspecified atom stereocenters. The van der Waals surface area contributed by atoms with E-state index in [1.807, 2.05) is 6.92 Å². The fourth-order valence-corrected chi connectivity index (χ4v) is 2.41. The molecule has 1 saturated heterocycles. The Labute approximate surface area is 117 Å². The van der Waals surface area contributed by atoms with Crippen LogP contribution in [0.25, 0.3) is 0 Å². The molecule has 0 saturated carbocycles. The van der Waals surface area contributed by atoms with Gasteiger partial charge < -0.3 is 10.0 Å². The fraction of sp³-hybridized carbons (Fsp3) is 0.500. The molecule has 6 nitrogen and oxygen atoms in total. The normalized spacial score (nSPS) is 22.6. The SMILES string of the molecule is Cc1cc(C(=O)N2CCC(C)C(O)C2)ccc1[N+](=O)[O-]. The molecule has 1 N–H and O–H groups in total. The molecular weight excluding hydrogens is 260 g/mol. The molecule has 0 bridgehead atoms. The molecule has 1 aromatic carbocycles. The summed E-state index contributed by atoms with van der Waals surface area (Å²) in [5.74, 6) is 0.00611. The first kappa shape index (κ1) is 14.5. The minimum Gasteiger partial charge on any atom is -0.391 e. The third kappa shape index (κ3) is 2.80. The van der Waals surface area contributed by atoms with E-state index in [9.17, 15) is 20.0 Å². The molecule has 0 aliphatic carbocycles. The summed E-state index contributed by atoms with van der Waals surface area (Å²) in [5.41, 5.74) is 0.899. The number of nitro groups is 1. The third-order valence-electron chi connectivity index (χ3n) is 3.85. The molecule has 1 aliphatic rings. The highest BCUT2D eigenvalue weighted by Crippen LogP contribution is 2.22. The van der Waals surface area contributed by atoms with Gasteiger partial charge in [0, 0.05) is 30.3 Å². The van der Waals surface area contributed by atoms with E-state index in [2.05, 4.69) is 0 Å². The zero-order valence-corrected chi connectivity index (χ0v) is 11.6. The van der Waals surface area contributed by atoms with Crippen LogP contribution >= 0.6 is 0 Å². The summed E-state index contributed by atoms with van der Waals surface area (Å²) in [6.07, 6.45) is 0.255. The van der Waals surface area contributed by atoms with Crippen molar-refractivity contribution in [1.29, 1.82) is 0 Å². The van der Waals surface area contributed by atoms with Gasteiger partial charge in [-0.15, -0.1) is 0 Å². The van der Waals surface area contributed by atoms with E-state index in [-0.39, 0.29) is 17.5 Å². The zero-order chi connectivity index (χ0) is 14.9. The molecule has 2 atom stereocenters. The van der Waals surface area contributed by atoms with Crippen molar-refractivity contribution >= 4 is 11.6 Å². The van der Waals surface area contributed by atoms with Crippen LogP contribution in [0.5, 0.6) is 0 Å². The smallest absolute Gasteiger partial charge is 0.272 e. The van der Waals surface area contributed by atoms with Crippen molar-refractivity contribution in [2.45, 2.75) is 26.4 Å². The molecular formula is C14H18N2O4. The van der Waals surface area contributed by atoms with Gasteiger partial charge in [-0.1, -0.05) is 6.92 Å². The first-order valence-electron chi connectivity index (χ1n) is 6.62. The Morgan fingerprint density at radius 3 is 2.75 bits per heavy atom. The Balaban J connectivity index is 2.17. The highest BCUT2D eigenvalue weighted by atomic mass is 16.6. The van der Waals surface area contributed by atoms with Crippen LogP contribution in [0.2, 0.25) is 0 Å². The second-order valence-electron chi connectivity index (χ2n) is 5.34. The number of hydrogen-bond acceptors (Lipinski definition) is 4. The summed E-state index contributed by atoms with van der Waals surface area (Å²) in [6, 6.07) is 4.36. The predicted molar refractivity (Wildman–Crippen MR) is 73.5 cm³/mol. The van der Waals surface area contributed by atoms with Crippen molar-refractivity contribution in [3.8, 4) is 0 Å². The number of likely N-dealkylation sites (tertiary alicyclic amines) is 1. The lowest BCUT2D eigenvalue weighted by atomic mass is 9.95. The Morgan fingerprint density at radius 2 is 2.20 bits per heavy atom. The molecule has 1 aromatic rings. The van der Waals surface area contributed by atoms with Crippen LogP contribution < -0.4 is 0 Å². The van der Waals surface area contributed by atoms with Gasteiger partial charge in [0.25, 0.3) is 11.6 Å². The summed E-state index contributed by atoms with van der Waals surface area (Å²) in [7, 11) is 0. The molecule has 2 rings (SSSR count). The molecule has 0 radical (unpaired) electrons. The number of piperidine rings is 1. The summed E-state index contributed by atoms with van der Waals surface area (Å²) in [6.45, 7) is 4.49. The van der Waals surface area contributed by atoms with E-state index in [1.165, 1.54) is 18.2 Å². The number of carbonyl (C=O) groups is 1. The monoisotopic (exact) mass is 278 g/mol. The summed E-state index contributed by atoms with van der Waals surface area (Å²) in [4.78, 5) is 24.2. The third-order valence-corrected chi connectivity index (χ3v) is 3.85. The van der Waals surface area contributed by atoms with E-state index in [0.29, 0.717) is 24.2 Å². The molecule has 6 heteroatoms. The number of benzene rings is 1. The summed E-state index contributed by atoms with van der Waals surface area (Å²) >= 11 is 0. The second kappa shape index (κ2) is 5.58. The quantitative estimate of drug-likeness (QED) is 0.659. The lowest BCUT2D eigenvalue weighted by Gasteiger charge is -2.34. The van der Waals surface area contributed by atoms with Crippen LogP contribution in [0, 0.1) is 23.0 Å². The number of carbonyl (C=O) groups excluding carboxylic acids is 1. The predicted octanol–water partition coefficient (Wildman–Crippen LogP) is 1.75. The van der Waals surface area contributed by atoms with Gasteiger partial charge in [-0.05, 0) is 31.4 Å². The van der Waals surface area contributed by atoms with Crippen LogP contribution in [-0.4, -0.2) is 40.0 Å². The van der Waals surface area contributed by atoms with Crippen molar-refractivity contribution in [2.24, 2.45) is 5.92 Å². The molecule has 1 amide bonds. The van der Waals surface area contributed by atoms with E-state index >= 15 is 0 Å². The Kier molecular flexibility index (Phi) is 4.04. The van der Waals surface area contributed by atoms with Gasteiger partial charge in [0.15, 0.2) is 0 Å². The largest absolute Gasteiger partial charge is 0.391 e. The van der Waals surface area contributed by atoms with E-state index < -0.39 is 11.0 Å². The Hall–Kier alpha value is -1.95. The summed E-state index contributed by atoms with van der Waals surface area (Å²) < 4.78 is 0. The van der Waals surface area contributed by atoms with E-state index in [1.54, 1.807) is 11.8 Å². The molecule has 1 aliphatic heterocycles. The lowest BCUT2D eigenvalue weighted by molar-refractivity contribution is -0.385. The maximum Gasteiger partial charge on any atom is 0.272 e. The van der Waals surface area contributed by atoms with Crippen molar-refractivity contribution < 1.29 is 14.8 Å². The van der Waals surface area contributed by atoms with Crippen LogP contribution in [0.15, 0.2) is 18.2 Å². The van der Waals surface area contributed by atoms with E-state index in [0.717, 1.165) is 6.42 Å². The highest BCUT2D eigenvalue weighted by molar-refractivity contribution is 5.94. The molecule has 1 fully saturated rings. The second-order valence-corrected chi connectivity index (χ2v) is 5.34. The van der Waals surface area contributed by atoms with Gasteiger partial charge >= 0.3 is 0 Å². The van der Waals surface area contributed by atoms with Gasteiger partial charge in [-0.25, -0.2) is 0 Å². The zero-order valence-electron chi connectivity index (χ0n) is 11.6. The van der Waals surface area contributed by atoms with Crippen molar-refractivity contribution in [3.05, 3.63) is 39.4 Å². The topological polar surface area (TPSA) is 83.7 Å². The maximum absolute atomic E-state index is 12.3. The first-order chi connectivity index (χ1) is 9.40. The van der Waals surface area contributed by atoms with Crippen LogP contribution in [-0.2, 0) is 0 Å². The van der Waals surface area contributed by atoms with Crippen molar-refractivity contribution in [3.63, 3.8) is 0 Å². The lowest BCUT2D eigenvalue weighted by Crippen LogP contribution is -2.45. The highest BCUT2D eigenvalue weighted by Gasteiger charge is 2.28. The standard InChI is InChI=1S/C14H18N2O4/c1-9-5-6-15(8-13(9)17)14(18)11-3-4-12(16(19)20)10(2)7-11/h3-4,7,9,13,17H,5-6,8H2,1-2H3. The maximum atomic E-state index is 12.3. The van der Waals surface area contributed by atoms with Gasteiger partial charge in [-0.2, -0.15) is 0 Å². The van der Waals surface area contributed by atoms with Crippen molar-refractivity contribution in [2.75, 3.05) is 13.1 Å². The minimum atomic E-state index is -0.508. The van der Waals surface area contributed by atoms with Gasteiger partial charge in [0.1, 0.15) is 0 Å². The average molecular weight is 278 g/mol. The number of aliphatic hydroxyl groups is 1. The van der Waals surface area contributed by atoms with Gasteiger partial charge in [0.05, 0.1) is 11.0 Å². The first-order valence-corrected chi connectivity index (χ1v) is 6.62. The van der Waals surface area contributed by atoms with Crippen LogP contribution in [0.4, 0.5) is 5.69 Å². The molecule has 0 aromatic heterocycles. The van der Waals surface area contributed by atoms with Crippen LogP contribution in [0.1, 0.15) is 29.3 Å². The number of rotatable bonds is 2. The number of β-amino-alcohol motifs (C(OH)–C–C–N with tert-alkyl or cyclic N) is 1. The average Bonchev–Trinajstić information content (AvgIpc) is 2.40. The van der Waals surface area contributed by atoms with Crippen molar-refractivity contribution in [1.82, 2.24) is 4.90 Å². The number of nitrogens with zero attached hydrogens (tertiary/aromatic N) is 2. The Bertz CT molecular complexity index is 544. The number of aryl methyl sites for hydroxylation is 1. The van der Waals surface area contributed by atoms with Crippen LogP contribution in [0.3, 0.4) is 0 Å². The molecule has 20 heavy (non-hydrogen) atoms. The number of aliphatic hydroxyl groups excluding tert-OH is 1. The van der Waals surface area contributed by atoms with E-state index in [4.69, 9.17) is 0 Å². The van der Waals surface area contributed by atoms with Gasteiger partial charge in [-0.3, -0.25) is 14.9 Å². The molecule has 0 spiro atoms. The minimum absolute atomic E-state index is 0.00820.